The highest BCUT2D eigenvalue weighted by atomic mass is 32.2. The van der Waals surface area contributed by atoms with Gasteiger partial charge in [-0.2, -0.15) is 0 Å². The van der Waals surface area contributed by atoms with Crippen LogP contribution in [0.4, 0.5) is 4.79 Å². The summed E-state index contributed by atoms with van der Waals surface area (Å²) in [6, 6.07) is 6.57. The number of ether oxygens (including phenoxy) is 1. The van der Waals surface area contributed by atoms with Crippen LogP contribution in [0.25, 0.3) is 0 Å². The van der Waals surface area contributed by atoms with Crippen molar-refractivity contribution in [1.82, 2.24) is 10.2 Å². The van der Waals surface area contributed by atoms with Crippen LogP contribution in [0.5, 0.6) is 0 Å². The Kier molecular flexibility index (Phi) is 6.34. The number of hydrogen-bond donors (Lipinski definition) is 1. The Balaban J connectivity index is 2.46. The third-order valence-corrected chi connectivity index (χ3v) is 7.29. The number of carbonyl (C=O) groups is 1. The predicted octanol–water partition coefficient (Wildman–Crippen LogP) is 2.76. The molecule has 2 rings (SSSR count). The van der Waals surface area contributed by atoms with E-state index in [9.17, 15) is 13.2 Å². The maximum atomic E-state index is 13.5. The molecular formula is C19H30N2O4S. The first-order valence-electron chi connectivity index (χ1n) is 9.00. The summed E-state index contributed by atoms with van der Waals surface area (Å²) in [6.07, 6.45) is 2.16. The van der Waals surface area contributed by atoms with Gasteiger partial charge in [0, 0.05) is 20.1 Å². The minimum absolute atomic E-state index is 0.259. The summed E-state index contributed by atoms with van der Waals surface area (Å²) in [5.41, 5.74) is -0.185. The minimum Gasteiger partial charge on any atom is -0.442 e. The van der Waals surface area contributed by atoms with Gasteiger partial charge in [0.25, 0.3) is 0 Å². The van der Waals surface area contributed by atoms with Gasteiger partial charge in [0.2, 0.25) is 0 Å². The Labute approximate surface area is 156 Å². The van der Waals surface area contributed by atoms with Crippen molar-refractivity contribution in [2.75, 3.05) is 20.6 Å². The van der Waals surface area contributed by atoms with E-state index in [0.29, 0.717) is 0 Å². The molecule has 1 heterocycles. The quantitative estimate of drug-likeness (QED) is 0.847. The number of hydrogen-bond acceptors (Lipinski definition) is 5. The van der Waals surface area contributed by atoms with Crippen molar-refractivity contribution >= 4 is 15.9 Å². The fourth-order valence-electron chi connectivity index (χ4n) is 3.46. The molecule has 1 amide bonds. The second kappa shape index (κ2) is 7.96. The third kappa shape index (κ3) is 4.57. The SMILES string of the molecule is Cc1ccc(S(=O)(=O)C(C2CCCCN2)C(C)(C)OC(=O)N(C)C)cc1. The van der Waals surface area contributed by atoms with E-state index < -0.39 is 26.8 Å². The summed E-state index contributed by atoms with van der Waals surface area (Å²) < 4.78 is 32.6. The summed E-state index contributed by atoms with van der Waals surface area (Å²) in [5.74, 6) is 0. The molecule has 0 aromatic heterocycles. The van der Waals surface area contributed by atoms with Gasteiger partial charge in [-0.3, -0.25) is 0 Å². The maximum Gasteiger partial charge on any atom is 0.409 e. The van der Waals surface area contributed by atoms with E-state index in [1.165, 1.54) is 4.90 Å². The number of sulfone groups is 1. The van der Waals surface area contributed by atoms with Crippen LogP contribution < -0.4 is 5.32 Å². The summed E-state index contributed by atoms with van der Waals surface area (Å²) in [6.45, 7) is 6.05. The Hall–Kier alpha value is -1.60. The molecule has 6 nitrogen and oxygen atoms in total. The summed E-state index contributed by atoms with van der Waals surface area (Å²) in [5, 5.41) is 2.46. The van der Waals surface area contributed by atoms with Gasteiger partial charge >= 0.3 is 6.09 Å². The van der Waals surface area contributed by atoms with Gasteiger partial charge in [-0.05, 0) is 52.3 Å². The van der Waals surface area contributed by atoms with Crippen molar-refractivity contribution in [3.8, 4) is 0 Å². The van der Waals surface area contributed by atoms with Crippen LogP contribution in [-0.2, 0) is 14.6 Å². The Morgan fingerprint density at radius 3 is 2.35 bits per heavy atom. The fraction of sp³-hybridized carbons (Fsp3) is 0.632. The van der Waals surface area contributed by atoms with Gasteiger partial charge in [0.05, 0.1) is 4.90 Å². The van der Waals surface area contributed by atoms with E-state index in [-0.39, 0.29) is 10.9 Å². The van der Waals surface area contributed by atoms with Crippen molar-refractivity contribution in [3.05, 3.63) is 29.8 Å². The number of amides is 1. The number of piperidine rings is 1. The first-order chi connectivity index (χ1) is 12.1. The molecule has 1 saturated heterocycles. The zero-order chi connectivity index (χ0) is 19.5. The lowest BCUT2D eigenvalue weighted by Gasteiger charge is -2.40. The first-order valence-corrected chi connectivity index (χ1v) is 10.5. The number of benzene rings is 1. The van der Waals surface area contributed by atoms with Crippen LogP contribution >= 0.6 is 0 Å². The minimum atomic E-state index is -3.70. The lowest BCUT2D eigenvalue weighted by Crippen LogP contribution is -2.58. The highest BCUT2D eigenvalue weighted by Crippen LogP contribution is 2.33. The second-order valence-corrected chi connectivity index (χ2v) is 9.77. The molecule has 0 bridgehead atoms. The van der Waals surface area contributed by atoms with E-state index >= 15 is 0 Å². The Morgan fingerprint density at radius 2 is 1.85 bits per heavy atom. The zero-order valence-corrected chi connectivity index (χ0v) is 17.1. The number of nitrogens with zero attached hydrogens (tertiary/aromatic N) is 1. The molecule has 1 N–H and O–H groups in total. The average molecular weight is 383 g/mol. The molecule has 1 aliphatic heterocycles. The number of carbonyl (C=O) groups excluding carboxylic acids is 1. The van der Waals surface area contributed by atoms with Crippen molar-refractivity contribution in [3.63, 3.8) is 0 Å². The standard InChI is InChI=1S/C19H30N2O4S/c1-14-9-11-15(12-10-14)26(23,24)17(16-8-6-7-13-20-16)19(2,3)25-18(22)21(4)5/h9-12,16-17,20H,6-8,13H2,1-5H3. The zero-order valence-electron chi connectivity index (χ0n) is 16.3. The topological polar surface area (TPSA) is 75.7 Å². The Bertz CT molecular complexity index is 720. The van der Waals surface area contributed by atoms with E-state index in [0.717, 1.165) is 31.4 Å². The van der Waals surface area contributed by atoms with Gasteiger partial charge < -0.3 is 15.0 Å². The van der Waals surface area contributed by atoms with Crippen LogP contribution in [0.1, 0.15) is 38.7 Å². The van der Waals surface area contributed by atoms with Gasteiger partial charge in [0.15, 0.2) is 9.84 Å². The average Bonchev–Trinajstić information content (AvgIpc) is 2.55. The van der Waals surface area contributed by atoms with Crippen LogP contribution in [0.15, 0.2) is 29.2 Å². The molecular weight excluding hydrogens is 352 g/mol. The maximum absolute atomic E-state index is 13.5. The number of aryl methyl sites for hydroxylation is 1. The molecule has 0 aliphatic carbocycles. The summed E-state index contributed by atoms with van der Waals surface area (Å²) in [4.78, 5) is 13.7. The number of nitrogens with one attached hydrogen (secondary N) is 1. The van der Waals surface area contributed by atoms with Crippen LogP contribution in [0, 0.1) is 6.92 Å². The van der Waals surface area contributed by atoms with Gasteiger partial charge in [-0.1, -0.05) is 24.1 Å². The lowest BCUT2D eigenvalue weighted by atomic mass is 9.92. The van der Waals surface area contributed by atoms with Gasteiger partial charge in [0.1, 0.15) is 10.9 Å². The predicted molar refractivity (Wildman–Crippen MR) is 102 cm³/mol. The van der Waals surface area contributed by atoms with Crippen molar-refractivity contribution < 1.29 is 17.9 Å². The summed E-state index contributed by atoms with van der Waals surface area (Å²) >= 11 is 0. The van der Waals surface area contributed by atoms with Crippen LogP contribution in [0.3, 0.4) is 0 Å². The molecule has 1 fully saturated rings. The molecule has 7 heteroatoms. The summed E-state index contributed by atoms with van der Waals surface area (Å²) in [7, 11) is -0.537. The first kappa shape index (κ1) is 20.7. The molecule has 0 spiro atoms. The molecule has 1 aliphatic rings. The molecule has 0 radical (unpaired) electrons. The molecule has 26 heavy (non-hydrogen) atoms. The van der Waals surface area contributed by atoms with E-state index in [1.807, 2.05) is 6.92 Å². The van der Waals surface area contributed by atoms with Crippen LogP contribution in [0.2, 0.25) is 0 Å². The third-order valence-electron chi connectivity index (χ3n) is 4.80. The van der Waals surface area contributed by atoms with Gasteiger partial charge in [-0.25, -0.2) is 13.2 Å². The van der Waals surface area contributed by atoms with Gasteiger partial charge in [-0.15, -0.1) is 0 Å². The molecule has 2 atom stereocenters. The lowest BCUT2D eigenvalue weighted by molar-refractivity contribution is 0.0109. The van der Waals surface area contributed by atoms with Crippen molar-refractivity contribution in [2.45, 2.75) is 61.8 Å². The molecule has 146 valence electrons. The van der Waals surface area contributed by atoms with E-state index in [1.54, 1.807) is 52.2 Å². The molecule has 1 aromatic rings. The van der Waals surface area contributed by atoms with E-state index in [4.69, 9.17) is 4.74 Å². The number of rotatable bonds is 5. The highest BCUT2D eigenvalue weighted by Gasteiger charge is 2.48. The smallest absolute Gasteiger partial charge is 0.409 e. The van der Waals surface area contributed by atoms with Crippen molar-refractivity contribution in [2.24, 2.45) is 0 Å². The van der Waals surface area contributed by atoms with Crippen molar-refractivity contribution in [1.29, 1.82) is 0 Å². The second-order valence-electron chi connectivity index (χ2n) is 7.70. The van der Waals surface area contributed by atoms with Crippen LogP contribution in [-0.4, -0.2) is 56.9 Å². The largest absolute Gasteiger partial charge is 0.442 e. The molecule has 2 unspecified atom stereocenters. The monoisotopic (exact) mass is 382 g/mol. The normalized spacial score (nSPS) is 19.7. The van der Waals surface area contributed by atoms with E-state index in [2.05, 4.69) is 5.32 Å². The molecule has 0 saturated carbocycles. The Morgan fingerprint density at radius 1 is 1.23 bits per heavy atom. The highest BCUT2D eigenvalue weighted by molar-refractivity contribution is 7.92. The molecule has 1 aromatic carbocycles. The fourth-order valence-corrected chi connectivity index (χ4v) is 5.73.